The van der Waals surface area contributed by atoms with E-state index in [2.05, 4.69) is 37.6 Å². The van der Waals surface area contributed by atoms with Gasteiger partial charge in [0.1, 0.15) is 41.7 Å². The predicted octanol–water partition coefficient (Wildman–Crippen LogP) is 5.32. The fraction of sp³-hybridized carbons (Fsp3) is 0.375. The van der Waals surface area contributed by atoms with Gasteiger partial charge >= 0.3 is 5.97 Å². The summed E-state index contributed by atoms with van der Waals surface area (Å²) >= 11 is 0. The molecule has 0 bridgehead atoms. The van der Waals surface area contributed by atoms with Gasteiger partial charge in [-0.05, 0) is 68.8 Å². The molecule has 226 valence electrons. The number of carbonyl (C=O) groups is 1. The Hall–Kier alpha value is -4.38. The third-order valence-corrected chi connectivity index (χ3v) is 7.42. The average Bonchev–Trinajstić information content (AvgIpc) is 3.00. The van der Waals surface area contributed by atoms with Gasteiger partial charge in [-0.15, -0.1) is 0 Å². The number of halogens is 2. The van der Waals surface area contributed by atoms with Gasteiger partial charge < -0.3 is 20.5 Å². The summed E-state index contributed by atoms with van der Waals surface area (Å²) in [6.45, 7) is 2.77. The number of benzene rings is 2. The third-order valence-electron chi connectivity index (χ3n) is 7.42. The summed E-state index contributed by atoms with van der Waals surface area (Å²) in [5, 5.41) is 16.3. The van der Waals surface area contributed by atoms with Gasteiger partial charge in [0.2, 0.25) is 0 Å². The van der Waals surface area contributed by atoms with Crippen LogP contribution in [0.3, 0.4) is 0 Å². The van der Waals surface area contributed by atoms with Crippen molar-refractivity contribution in [2.45, 2.75) is 44.6 Å². The van der Waals surface area contributed by atoms with E-state index in [0.717, 1.165) is 73.9 Å². The van der Waals surface area contributed by atoms with Crippen LogP contribution in [0.25, 0.3) is 11.0 Å². The molecule has 3 heterocycles. The van der Waals surface area contributed by atoms with E-state index in [-0.39, 0.29) is 12.4 Å². The molecule has 0 spiro atoms. The first-order valence-corrected chi connectivity index (χ1v) is 14.7. The maximum Gasteiger partial charge on any atom is 0.326 e. The number of nitrogens with zero attached hydrogens (tertiary/aromatic N) is 4. The molecule has 2 aromatic carbocycles. The summed E-state index contributed by atoms with van der Waals surface area (Å²) in [5.41, 5.74) is 3.71. The molecule has 0 saturated carbocycles. The van der Waals surface area contributed by atoms with E-state index in [1.54, 1.807) is 0 Å². The van der Waals surface area contributed by atoms with Crippen molar-refractivity contribution in [1.29, 1.82) is 0 Å². The van der Waals surface area contributed by atoms with Crippen molar-refractivity contribution in [2.75, 3.05) is 43.4 Å². The molecule has 0 radical (unpaired) electrons. The number of anilines is 2. The van der Waals surface area contributed by atoms with E-state index in [4.69, 9.17) is 9.72 Å². The first-order valence-electron chi connectivity index (χ1n) is 14.7. The Morgan fingerprint density at radius 2 is 1.84 bits per heavy atom. The smallest absolute Gasteiger partial charge is 0.326 e. The van der Waals surface area contributed by atoms with Crippen LogP contribution in [0.15, 0.2) is 60.8 Å². The van der Waals surface area contributed by atoms with Crippen molar-refractivity contribution < 1.29 is 23.4 Å². The number of aliphatic carboxylic acids is 1. The fourth-order valence-electron chi connectivity index (χ4n) is 5.16. The zero-order chi connectivity index (χ0) is 30.0. The van der Waals surface area contributed by atoms with Gasteiger partial charge in [-0.1, -0.05) is 18.2 Å². The van der Waals surface area contributed by atoms with E-state index in [9.17, 15) is 18.7 Å². The summed E-state index contributed by atoms with van der Waals surface area (Å²) in [7, 11) is 0. The van der Waals surface area contributed by atoms with Crippen LogP contribution in [0, 0.1) is 11.6 Å². The Bertz CT molecular complexity index is 1520. The number of unbranched alkanes of at least 4 members (excludes halogenated alkanes) is 1. The lowest BCUT2D eigenvalue weighted by Crippen LogP contribution is -2.37. The molecule has 1 atom stereocenters. The van der Waals surface area contributed by atoms with Crippen molar-refractivity contribution in [3.05, 3.63) is 83.7 Å². The van der Waals surface area contributed by atoms with E-state index in [0.29, 0.717) is 37.4 Å². The lowest BCUT2D eigenvalue weighted by atomic mass is 10.1. The topological polar surface area (TPSA) is 112 Å². The van der Waals surface area contributed by atoms with Gasteiger partial charge in [0.25, 0.3) is 0 Å². The summed E-state index contributed by atoms with van der Waals surface area (Å²) < 4.78 is 32.8. The van der Waals surface area contributed by atoms with Crippen LogP contribution >= 0.6 is 0 Å². The van der Waals surface area contributed by atoms with Crippen LogP contribution < -0.4 is 15.4 Å². The highest BCUT2D eigenvalue weighted by atomic mass is 19.1. The lowest BCUT2D eigenvalue weighted by Gasteiger charge is -2.24. The summed E-state index contributed by atoms with van der Waals surface area (Å²) in [4.78, 5) is 27.9. The second-order valence-corrected chi connectivity index (χ2v) is 10.7. The van der Waals surface area contributed by atoms with Gasteiger partial charge in [0.05, 0.1) is 17.2 Å². The normalized spacial score (nSPS) is 13.4. The molecule has 4 aromatic rings. The van der Waals surface area contributed by atoms with Crippen LogP contribution in [0.2, 0.25) is 0 Å². The largest absolute Gasteiger partial charge is 0.492 e. The Morgan fingerprint density at radius 1 is 1.02 bits per heavy atom. The van der Waals surface area contributed by atoms with Crippen molar-refractivity contribution in [2.24, 2.45) is 0 Å². The number of carboxylic acid groups (broad SMARTS) is 1. The van der Waals surface area contributed by atoms with Crippen molar-refractivity contribution in [3.63, 3.8) is 0 Å². The lowest BCUT2D eigenvalue weighted by molar-refractivity contribution is -0.138. The van der Waals surface area contributed by atoms with Crippen LogP contribution in [0.4, 0.5) is 20.4 Å². The van der Waals surface area contributed by atoms with Crippen molar-refractivity contribution in [1.82, 2.24) is 19.9 Å². The highest BCUT2D eigenvalue weighted by Gasteiger charge is 2.20. The summed E-state index contributed by atoms with van der Waals surface area (Å²) in [6, 6.07) is 13.8. The average molecular weight is 591 g/mol. The van der Waals surface area contributed by atoms with Crippen LogP contribution in [0.5, 0.6) is 5.75 Å². The SMILES string of the molecule is O=C(O)C(CCN(CCCCc1ccc2c(n1)NCCC2)CCOc1cc(F)cc(F)c1)Nc1cnc2ccccc2n1. The number of rotatable bonds is 15. The van der Waals surface area contributed by atoms with Gasteiger partial charge in [0, 0.05) is 43.5 Å². The number of carboxylic acids is 1. The molecule has 9 nitrogen and oxygen atoms in total. The molecule has 43 heavy (non-hydrogen) atoms. The second kappa shape index (κ2) is 14.7. The minimum atomic E-state index is -0.992. The number of ether oxygens (including phenoxy) is 1. The minimum absolute atomic E-state index is 0.115. The summed E-state index contributed by atoms with van der Waals surface area (Å²) in [5.74, 6) is -0.909. The quantitative estimate of drug-likeness (QED) is 0.158. The second-order valence-electron chi connectivity index (χ2n) is 10.7. The van der Waals surface area contributed by atoms with Crippen LogP contribution in [-0.2, 0) is 17.6 Å². The number of hydrogen-bond donors (Lipinski definition) is 3. The van der Waals surface area contributed by atoms with Crippen molar-refractivity contribution >= 4 is 28.6 Å². The molecular formula is C32H36F2N6O3. The summed E-state index contributed by atoms with van der Waals surface area (Å²) in [6.07, 6.45) is 6.61. The number of aromatic nitrogens is 3. The maximum atomic E-state index is 13.6. The van der Waals surface area contributed by atoms with Gasteiger partial charge in [-0.3, -0.25) is 9.88 Å². The van der Waals surface area contributed by atoms with E-state index in [1.165, 1.54) is 11.8 Å². The highest BCUT2D eigenvalue weighted by Crippen LogP contribution is 2.21. The molecule has 0 amide bonds. The van der Waals surface area contributed by atoms with Gasteiger partial charge in [-0.25, -0.2) is 23.5 Å². The Balaban J connectivity index is 1.17. The number of hydrogen-bond acceptors (Lipinski definition) is 8. The van der Waals surface area contributed by atoms with Crippen molar-refractivity contribution in [3.8, 4) is 5.75 Å². The zero-order valence-corrected chi connectivity index (χ0v) is 23.9. The molecule has 2 aromatic heterocycles. The Kier molecular flexibility index (Phi) is 10.3. The molecule has 1 aliphatic heterocycles. The Morgan fingerprint density at radius 3 is 2.65 bits per heavy atom. The van der Waals surface area contributed by atoms with E-state index < -0.39 is 23.6 Å². The molecule has 11 heteroatoms. The molecule has 0 saturated heterocycles. The highest BCUT2D eigenvalue weighted by molar-refractivity contribution is 5.78. The fourth-order valence-corrected chi connectivity index (χ4v) is 5.16. The van der Waals surface area contributed by atoms with Crippen LogP contribution in [0.1, 0.15) is 36.9 Å². The molecule has 1 aliphatic rings. The first-order chi connectivity index (χ1) is 20.9. The standard InChI is InChI=1S/C32H36F2N6O3/c33-23-18-24(34)20-26(19-23)43-17-16-40(14-4-3-7-25-11-10-22-6-5-13-35-31(22)37-25)15-12-29(32(41)42)39-30-21-36-27-8-1-2-9-28(27)38-30/h1-2,8-11,18-21,29H,3-7,12-17H2,(H,35,37)(H,38,39)(H,41,42). The number of fused-ring (bicyclic) bond motifs is 2. The number of aryl methyl sites for hydroxylation is 2. The van der Waals surface area contributed by atoms with Gasteiger partial charge in [-0.2, -0.15) is 0 Å². The van der Waals surface area contributed by atoms with Gasteiger partial charge in [0.15, 0.2) is 0 Å². The first kappa shape index (κ1) is 30.1. The molecule has 3 N–H and O–H groups in total. The Labute approximate surface area is 249 Å². The predicted molar refractivity (Wildman–Crippen MR) is 161 cm³/mol. The number of para-hydroxylation sites is 2. The van der Waals surface area contributed by atoms with E-state index >= 15 is 0 Å². The zero-order valence-electron chi connectivity index (χ0n) is 23.9. The van der Waals surface area contributed by atoms with E-state index in [1.807, 2.05) is 24.3 Å². The third kappa shape index (κ3) is 8.81. The van der Waals surface area contributed by atoms with Crippen LogP contribution in [-0.4, -0.2) is 69.8 Å². The number of nitrogens with one attached hydrogen (secondary N) is 2. The number of pyridine rings is 1. The minimum Gasteiger partial charge on any atom is -0.492 e. The molecule has 5 rings (SSSR count). The molecule has 1 unspecified atom stereocenters. The monoisotopic (exact) mass is 590 g/mol. The molecule has 0 aliphatic carbocycles. The molecule has 0 fully saturated rings. The maximum absolute atomic E-state index is 13.6. The molecular weight excluding hydrogens is 554 g/mol.